The summed E-state index contributed by atoms with van der Waals surface area (Å²) in [5, 5.41) is 0.728. The third-order valence-electron chi connectivity index (χ3n) is 4.37. The number of hydrogen-bond donors (Lipinski definition) is 0. The number of hydrogen-bond acceptors (Lipinski definition) is 5. The van der Waals surface area contributed by atoms with E-state index < -0.39 is 0 Å². The van der Waals surface area contributed by atoms with Crippen LogP contribution >= 0.6 is 27.5 Å². The van der Waals surface area contributed by atoms with Gasteiger partial charge in [-0.1, -0.05) is 35.9 Å². The molecule has 0 amide bonds. The first kappa shape index (κ1) is 18.5. The molecule has 0 radical (unpaired) electrons. The summed E-state index contributed by atoms with van der Waals surface area (Å²) >= 11 is 9.59. The van der Waals surface area contributed by atoms with Gasteiger partial charge in [-0.05, 0) is 28.4 Å². The van der Waals surface area contributed by atoms with Crippen LogP contribution in [0.25, 0.3) is 22.3 Å². The first-order valence-electron chi connectivity index (χ1n) is 8.42. The van der Waals surface area contributed by atoms with Crippen LogP contribution in [0.3, 0.4) is 0 Å². The summed E-state index contributed by atoms with van der Waals surface area (Å²) < 4.78 is 23.0. The van der Waals surface area contributed by atoms with Crippen LogP contribution in [0.5, 0.6) is 5.75 Å². The second-order valence-corrected chi connectivity index (χ2v) is 7.31. The lowest BCUT2D eigenvalue weighted by molar-refractivity contribution is -0.183. The molecule has 140 valence electrons. The predicted molar refractivity (Wildman–Crippen MR) is 106 cm³/mol. The van der Waals surface area contributed by atoms with Gasteiger partial charge in [0, 0.05) is 17.2 Å². The largest absolute Gasteiger partial charge is 0.494 e. The molecule has 1 aliphatic heterocycles. The highest BCUT2D eigenvalue weighted by molar-refractivity contribution is 9.10. The van der Waals surface area contributed by atoms with E-state index in [2.05, 4.69) is 15.9 Å². The summed E-state index contributed by atoms with van der Waals surface area (Å²) in [6.45, 7) is 1.37. The van der Waals surface area contributed by atoms with Gasteiger partial charge < -0.3 is 18.6 Å². The highest BCUT2D eigenvalue weighted by Crippen LogP contribution is 2.39. The SMILES string of the molecule is COc1c(Cl)cc2c(=O)cc(-c3ccc(C4OCCCO4)cc3)oc2c1Br. The van der Waals surface area contributed by atoms with Crippen LogP contribution in [-0.2, 0) is 9.47 Å². The van der Waals surface area contributed by atoms with Gasteiger partial charge in [0.2, 0.25) is 0 Å². The molecule has 27 heavy (non-hydrogen) atoms. The van der Waals surface area contributed by atoms with Crippen molar-refractivity contribution in [2.45, 2.75) is 12.7 Å². The van der Waals surface area contributed by atoms with Crippen molar-refractivity contribution in [1.29, 1.82) is 0 Å². The lowest BCUT2D eigenvalue weighted by Crippen LogP contribution is -2.17. The van der Waals surface area contributed by atoms with E-state index in [9.17, 15) is 4.79 Å². The molecule has 0 bridgehead atoms. The summed E-state index contributed by atoms with van der Waals surface area (Å²) in [6, 6.07) is 10.6. The molecular formula is C20H16BrClO5. The number of benzene rings is 2. The van der Waals surface area contributed by atoms with E-state index in [0.717, 1.165) is 17.5 Å². The topological polar surface area (TPSA) is 57.9 Å². The van der Waals surface area contributed by atoms with E-state index in [4.69, 9.17) is 30.2 Å². The quantitative estimate of drug-likeness (QED) is 0.539. The van der Waals surface area contributed by atoms with Crippen LogP contribution < -0.4 is 10.2 Å². The molecule has 0 spiro atoms. The van der Waals surface area contributed by atoms with Gasteiger partial charge in [0.05, 0.1) is 30.7 Å². The molecule has 1 aromatic heterocycles. The van der Waals surface area contributed by atoms with Crippen molar-refractivity contribution in [2.24, 2.45) is 0 Å². The average Bonchev–Trinajstić information content (AvgIpc) is 2.70. The van der Waals surface area contributed by atoms with E-state index in [1.165, 1.54) is 13.2 Å². The fourth-order valence-corrected chi connectivity index (χ4v) is 4.08. The van der Waals surface area contributed by atoms with Crippen molar-refractivity contribution in [1.82, 2.24) is 0 Å². The maximum absolute atomic E-state index is 12.6. The second kappa shape index (κ2) is 7.64. The Morgan fingerprint density at radius 2 is 1.85 bits per heavy atom. The summed E-state index contributed by atoms with van der Waals surface area (Å²) in [4.78, 5) is 12.6. The van der Waals surface area contributed by atoms with Gasteiger partial charge in [0.15, 0.2) is 23.1 Å². The molecule has 0 saturated carbocycles. The normalized spacial score (nSPS) is 15.2. The van der Waals surface area contributed by atoms with Crippen molar-refractivity contribution < 1.29 is 18.6 Å². The Morgan fingerprint density at radius 3 is 2.52 bits per heavy atom. The highest BCUT2D eigenvalue weighted by Gasteiger charge is 2.18. The van der Waals surface area contributed by atoms with Gasteiger partial charge in [-0.3, -0.25) is 4.79 Å². The Labute approximate surface area is 168 Å². The Morgan fingerprint density at radius 1 is 1.15 bits per heavy atom. The maximum Gasteiger partial charge on any atom is 0.193 e. The molecule has 7 heteroatoms. The Kier molecular flexibility index (Phi) is 5.23. The molecule has 2 heterocycles. The summed E-state index contributed by atoms with van der Waals surface area (Å²) in [5.74, 6) is 0.876. The molecule has 0 unspecified atom stereocenters. The zero-order chi connectivity index (χ0) is 19.0. The van der Waals surface area contributed by atoms with Gasteiger partial charge in [-0.25, -0.2) is 0 Å². The summed E-state index contributed by atoms with van der Waals surface area (Å²) in [7, 11) is 1.51. The van der Waals surface area contributed by atoms with Gasteiger partial charge in [0.1, 0.15) is 10.2 Å². The van der Waals surface area contributed by atoms with E-state index >= 15 is 0 Å². The number of rotatable bonds is 3. The van der Waals surface area contributed by atoms with Gasteiger partial charge in [0.25, 0.3) is 0 Å². The van der Waals surface area contributed by atoms with Crippen molar-refractivity contribution in [3.63, 3.8) is 0 Å². The fraction of sp³-hybridized carbons (Fsp3) is 0.250. The molecule has 2 aromatic carbocycles. The molecule has 1 aliphatic rings. The molecule has 0 aliphatic carbocycles. The Hall–Kier alpha value is -1.86. The van der Waals surface area contributed by atoms with Crippen molar-refractivity contribution >= 4 is 38.5 Å². The van der Waals surface area contributed by atoms with Gasteiger partial charge in [-0.2, -0.15) is 0 Å². The number of ether oxygens (including phenoxy) is 3. The molecule has 0 N–H and O–H groups in total. The van der Waals surface area contributed by atoms with Crippen molar-refractivity contribution in [3.05, 3.63) is 61.7 Å². The van der Waals surface area contributed by atoms with E-state index in [-0.39, 0.29) is 11.7 Å². The molecule has 4 rings (SSSR count). The van der Waals surface area contributed by atoms with E-state index in [1.807, 2.05) is 24.3 Å². The lowest BCUT2D eigenvalue weighted by atomic mass is 10.1. The number of halogens is 2. The number of methoxy groups -OCH3 is 1. The fourth-order valence-electron chi connectivity index (χ4n) is 3.02. The smallest absolute Gasteiger partial charge is 0.193 e. The Bertz CT molecular complexity index is 1040. The van der Waals surface area contributed by atoms with Crippen LogP contribution in [0.2, 0.25) is 5.02 Å². The van der Waals surface area contributed by atoms with Crippen LogP contribution in [0, 0.1) is 0 Å². The van der Waals surface area contributed by atoms with Gasteiger partial charge >= 0.3 is 0 Å². The predicted octanol–water partition coefficient (Wildman–Crippen LogP) is 5.32. The molecule has 1 fully saturated rings. The minimum Gasteiger partial charge on any atom is -0.494 e. The molecule has 3 aromatic rings. The first-order chi connectivity index (χ1) is 13.1. The minimum atomic E-state index is -0.350. The molecular weight excluding hydrogens is 436 g/mol. The minimum absolute atomic E-state index is 0.181. The summed E-state index contributed by atoms with van der Waals surface area (Å²) in [6.07, 6.45) is 0.552. The van der Waals surface area contributed by atoms with Gasteiger partial charge in [-0.15, -0.1) is 0 Å². The first-order valence-corrected chi connectivity index (χ1v) is 9.59. The number of fused-ring (bicyclic) bond motifs is 1. The van der Waals surface area contributed by atoms with Crippen LogP contribution in [0.4, 0.5) is 0 Å². The molecule has 1 saturated heterocycles. The highest BCUT2D eigenvalue weighted by atomic mass is 79.9. The average molecular weight is 452 g/mol. The molecule has 0 atom stereocenters. The van der Waals surface area contributed by atoms with Crippen molar-refractivity contribution in [3.8, 4) is 17.1 Å². The second-order valence-electron chi connectivity index (χ2n) is 6.11. The Balaban J connectivity index is 1.76. The van der Waals surface area contributed by atoms with Crippen LogP contribution in [0.1, 0.15) is 18.3 Å². The third-order valence-corrected chi connectivity index (χ3v) is 5.37. The zero-order valence-electron chi connectivity index (χ0n) is 14.5. The molecule has 5 nitrogen and oxygen atoms in total. The lowest BCUT2D eigenvalue weighted by Gasteiger charge is -2.23. The summed E-state index contributed by atoms with van der Waals surface area (Å²) in [5.41, 5.74) is 1.91. The monoisotopic (exact) mass is 450 g/mol. The maximum atomic E-state index is 12.6. The third kappa shape index (κ3) is 3.50. The van der Waals surface area contributed by atoms with Crippen LogP contribution in [-0.4, -0.2) is 20.3 Å². The van der Waals surface area contributed by atoms with E-state index in [0.29, 0.717) is 45.2 Å². The standard InChI is InChI=1S/C20H16BrClO5/c1-24-19-14(22)9-13-15(23)10-16(27-18(13)17(19)21)11-3-5-12(6-4-11)20-25-7-2-8-26-20/h3-6,9-10,20H,2,7-8H2,1H3. The zero-order valence-corrected chi connectivity index (χ0v) is 16.8. The van der Waals surface area contributed by atoms with Crippen molar-refractivity contribution in [2.75, 3.05) is 20.3 Å². The van der Waals surface area contributed by atoms with Crippen LogP contribution in [0.15, 0.2) is 50.1 Å². The van der Waals surface area contributed by atoms with E-state index in [1.54, 1.807) is 6.07 Å².